The molecule has 1 rings (SSSR count). The van der Waals surface area contributed by atoms with Crippen LogP contribution >= 0.6 is 23.5 Å². The average Bonchev–Trinajstić information content (AvgIpc) is 2.28. The van der Waals surface area contributed by atoms with Gasteiger partial charge < -0.3 is 11.1 Å². The van der Waals surface area contributed by atoms with Gasteiger partial charge in [0.25, 0.3) is 0 Å². The summed E-state index contributed by atoms with van der Waals surface area (Å²) in [6.45, 7) is 4.34. The molecule has 96 valence electrons. The van der Waals surface area contributed by atoms with Crippen LogP contribution in [0.1, 0.15) is 20.3 Å². The van der Waals surface area contributed by atoms with Gasteiger partial charge in [-0.05, 0) is 31.1 Å². The van der Waals surface area contributed by atoms with Crippen molar-refractivity contribution in [3.05, 3.63) is 6.07 Å². The third-order valence-electron chi connectivity index (χ3n) is 2.20. The molecule has 0 saturated carbocycles. The normalized spacial score (nSPS) is 12.4. The van der Waals surface area contributed by atoms with E-state index in [-0.39, 0.29) is 0 Å². The molecule has 0 radical (unpaired) electrons. The minimum Gasteiger partial charge on any atom is -0.383 e. The molecule has 0 amide bonds. The lowest BCUT2D eigenvalue weighted by molar-refractivity contribution is 0.761. The van der Waals surface area contributed by atoms with Crippen molar-refractivity contribution in [2.24, 2.45) is 0 Å². The van der Waals surface area contributed by atoms with Gasteiger partial charge in [0.15, 0.2) is 5.16 Å². The van der Waals surface area contributed by atoms with Gasteiger partial charge in [-0.1, -0.05) is 18.7 Å². The predicted octanol–water partition coefficient (Wildman–Crippen LogP) is 2.72. The summed E-state index contributed by atoms with van der Waals surface area (Å²) in [6, 6.07) is 2.18. The molecule has 17 heavy (non-hydrogen) atoms. The zero-order chi connectivity index (χ0) is 12.7. The van der Waals surface area contributed by atoms with E-state index in [9.17, 15) is 0 Å². The monoisotopic (exact) mass is 272 g/mol. The summed E-state index contributed by atoms with van der Waals surface area (Å²) in [6.07, 6.45) is 3.07. The first kappa shape index (κ1) is 14.4. The van der Waals surface area contributed by atoms with Gasteiger partial charge in [0, 0.05) is 12.1 Å². The number of nitrogen functional groups attached to an aromatic ring is 1. The molecule has 1 aromatic rings. The second-order valence-electron chi connectivity index (χ2n) is 3.70. The number of hydrogen-bond acceptors (Lipinski definition) is 6. The Bertz CT molecular complexity index is 346. The molecule has 1 atom stereocenters. The van der Waals surface area contributed by atoms with Gasteiger partial charge in [0.2, 0.25) is 0 Å². The highest BCUT2D eigenvalue weighted by molar-refractivity contribution is 7.99. The zero-order valence-electron chi connectivity index (χ0n) is 10.6. The van der Waals surface area contributed by atoms with E-state index in [4.69, 9.17) is 5.73 Å². The lowest BCUT2D eigenvalue weighted by atomic mass is 10.2. The molecule has 0 aliphatic heterocycles. The van der Waals surface area contributed by atoms with E-state index < -0.39 is 0 Å². The minimum absolute atomic E-state index is 0.401. The Hall–Kier alpha value is -0.620. The third kappa shape index (κ3) is 5.50. The van der Waals surface area contributed by atoms with E-state index in [1.165, 1.54) is 23.3 Å². The molecule has 0 fully saturated rings. The molecule has 6 heteroatoms. The maximum atomic E-state index is 5.72. The minimum atomic E-state index is 0.401. The molecule has 0 aromatic carbocycles. The van der Waals surface area contributed by atoms with Crippen LogP contribution in [-0.4, -0.2) is 33.8 Å². The van der Waals surface area contributed by atoms with Crippen molar-refractivity contribution < 1.29 is 0 Å². The number of hydrogen-bond donors (Lipinski definition) is 2. The van der Waals surface area contributed by atoms with E-state index in [1.54, 1.807) is 6.07 Å². The van der Waals surface area contributed by atoms with Crippen LogP contribution < -0.4 is 11.1 Å². The molecule has 0 bridgehead atoms. The Balaban J connectivity index is 2.52. The summed E-state index contributed by atoms with van der Waals surface area (Å²) in [7, 11) is 0. The van der Waals surface area contributed by atoms with Crippen molar-refractivity contribution in [3.8, 4) is 0 Å². The molecule has 0 saturated heterocycles. The van der Waals surface area contributed by atoms with E-state index in [1.807, 2.05) is 18.0 Å². The quantitative estimate of drug-likeness (QED) is 0.452. The predicted molar refractivity (Wildman–Crippen MR) is 78.9 cm³/mol. The molecule has 3 N–H and O–H groups in total. The van der Waals surface area contributed by atoms with Gasteiger partial charge in [-0.15, -0.1) is 0 Å². The summed E-state index contributed by atoms with van der Waals surface area (Å²) < 4.78 is 0. The topological polar surface area (TPSA) is 63.8 Å². The van der Waals surface area contributed by atoms with Crippen molar-refractivity contribution in [2.45, 2.75) is 31.5 Å². The fourth-order valence-electron chi connectivity index (χ4n) is 1.34. The number of anilines is 2. The number of aromatic nitrogens is 2. The summed E-state index contributed by atoms with van der Waals surface area (Å²) >= 11 is 3.46. The fourth-order valence-corrected chi connectivity index (χ4v) is 2.53. The first-order valence-corrected chi connectivity index (χ1v) is 8.06. The van der Waals surface area contributed by atoms with Gasteiger partial charge in [-0.2, -0.15) is 11.8 Å². The van der Waals surface area contributed by atoms with E-state index in [2.05, 4.69) is 29.1 Å². The largest absolute Gasteiger partial charge is 0.383 e. The number of rotatable bonds is 7. The SMILES string of the molecule is CCSCCC(C)Nc1cc(N)nc(SC)n1. The third-order valence-corrected chi connectivity index (χ3v) is 3.68. The van der Waals surface area contributed by atoms with Crippen molar-refractivity contribution in [2.75, 3.05) is 28.8 Å². The average molecular weight is 272 g/mol. The zero-order valence-corrected chi connectivity index (χ0v) is 12.2. The maximum Gasteiger partial charge on any atom is 0.191 e. The van der Waals surface area contributed by atoms with E-state index >= 15 is 0 Å². The van der Waals surface area contributed by atoms with Gasteiger partial charge in [-0.25, -0.2) is 9.97 Å². The molecule has 0 aliphatic carbocycles. The van der Waals surface area contributed by atoms with Crippen LogP contribution in [-0.2, 0) is 0 Å². The summed E-state index contributed by atoms with van der Waals surface area (Å²) in [5.74, 6) is 3.67. The van der Waals surface area contributed by atoms with Crippen LogP contribution in [0.4, 0.5) is 11.6 Å². The fraction of sp³-hybridized carbons (Fsp3) is 0.636. The molecule has 1 aromatic heterocycles. The highest BCUT2D eigenvalue weighted by atomic mass is 32.2. The van der Waals surface area contributed by atoms with Crippen molar-refractivity contribution in [3.63, 3.8) is 0 Å². The van der Waals surface area contributed by atoms with Crippen LogP contribution in [0.15, 0.2) is 11.2 Å². The summed E-state index contributed by atoms with van der Waals surface area (Å²) in [5, 5.41) is 4.07. The van der Waals surface area contributed by atoms with Crippen molar-refractivity contribution >= 4 is 35.2 Å². The van der Waals surface area contributed by atoms with Crippen LogP contribution in [0.5, 0.6) is 0 Å². The van der Waals surface area contributed by atoms with E-state index in [0.29, 0.717) is 17.0 Å². The Morgan fingerprint density at radius 3 is 2.88 bits per heavy atom. The molecule has 1 heterocycles. The standard InChI is InChI=1S/C11H20N4S2/c1-4-17-6-5-8(2)13-10-7-9(12)14-11(15-10)16-3/h7-8H,4-6H2,1-3H3,(H3,12,13,14,15). The number of nitrogens with zero attached hydrogens (tertiary/aromatic N) is 2. The Morgan fingerprint density at radius 1 is 1.47 bits per heavy atom. The molecule has 1 unspecified atom stereocenters. The van der Waals surface area contributed by atoms with Crippen LogP contribution in [0.3, 0.4) is 0 Å². The van der Waals surface area contributed by atoms with Crippen LogP contribution in [0, 0.1) is 0 Å². The molecular weight excluding hydrogens is 252 g/mol. The molecular formula is C11H20N4S2. The lowest BCUT2D eigenvalue weighted by Crippen LogP contribution is -2.17. The molecule has 0 aliphatic rings. The first-order chi connectivity index (χ1) is 8.15. The van der Waals surface area contributed by atoms with Crippen molar-refractivity contribution in [1.82, 2.24) is 9.97 Å². The second kappa shape index (κ2) is 7.66. The summed E-state index contributed by atoms with van der Waals surface area (Å²) in [4.78, 5) is 8.49. The first-order valence-electron chi connectivity index (χ1n) is 5.68. The maximum absolute atomic E-state index is 5.72. The van der Waals surface area contributed by atoms with E-state index in [0.717, 1.165) is 12.2 Å². The Kier molecular flexibility index (Phi) is 6.50. The number of nitrogens with two attached hydrogens (primary N) is 1. The smallest absolute Gasteiger partial charge is 0.191 e. The lowest BCUT2D eigenvalue weighted by Gasteiger charge is -2.14. The number of nitrogens with one attached hydrogen (secondary N) is 1. The van der Waals surface area contributed by atoms with Crippen molar-refractivity contribution in [1.29, 1.82) is 0 Å². The Labute approximate surface area is 112 Å². The number of thioether (sulfide) groups is 2. The highest BCUT2D eigenvalue weighted by Crippen LogP contribution is 2.16. The van der Waals surface area contributed by atoms with Gasteiger partial charge in [-0.3, -0.25) is 0 Å². The summed E-state index contributed by atoms with van der Waals surface area (Å²) in [5.41, 5.74) is 5.72. The molecule has 0 spiro atoms. The van der Waals surface area contributed by atoms with Crippen LogP contribution in [0.2, 0.25) is 0 Å². The highest BCUT2D eigenvalue weighted by Gasteiger charge is 2.05. The second-order valence-corrected chi connectivity index (χ2v) is 5.86. The van der Waals surface area contributed by atoms with Crippen LogP contribution in [0.25, 0.3) is 0 Å². The van der Waals surface area contributed by atoms with Gasteiger partial charge in [0.1, 0.15) is 11.6 Å². The van der Waals surface area contributed by atoms with Gasteiger partial charge >= 0.3 is 0 Å². The van der Waals surface area contributed by atoms with Gasteiger partial charge in [0.05, 0.1) is 0 Å². The molecule has 4 nitrogen and oxygen atoms in total. The Morgan fingerprint density at radius 2 is 2.24 bits per heavy atom.